The van der Waals surface area contributed by atoms with E-state index in [2.05, 4.69) is 58.5 Å². The second-order valence-electron chi connectivity index (χ2n) is 18.3. The third-order valence-electron chi connectivity index (χ3n) is 13.3. The lowest BCUT2D eigenvalue weighted by molar-refractivity contribution is -0.385. The largest absolute Gasteiger partial charge is 0.382 e. The summed E-state index contributed by atoms with van der Waals surface area (Å²) in [5, 5.41) is 34.5. The van der Waals surface area contributed by atoms with Gasteiger partial charge in [0.2, 0.25) is 0 Å². The van der Waals surface area contributed by atoms with E-state index in [1.807, 2.05) is 12.1 Å². The first kappa shape index (κ1) is 53.7. The van der Waals surface area contributed by atoms with Crippen LogP contribution in [0.2, 0.25) is 0 Å². The summed E-state index contributed by atoms with van der Waals surface area (Å²) in [6.07, 6.45) is 8.54. The molecule has 4 aromatic carbocycles. The highest BCUT2D eigenvalue weighted by atomic mass is 32.3. The van der Waals surface area contributed by atoms with Crippen molar-refractivity contribution < 1.29 is 36.3 Å². The third kappa shape index (κ3) is 13.4. The summed E-state index contributed by atoms with van der Waals surface area (Å²) in [4.78, 5) is 46.9. The number of sulfonamides is 2. The van der Waals surface area contributed by atoms with Crippen molar-refractivity contribution in [2.75, 3.05) is 36.8 Å². The highest BCUT2D eigenvalue weighted by Crippen LogP contribution is 2.32. The van der Waals surface area contributed by atoms with Crippen LogP contribution in [0.15, 0.2) is 124 Å². The van der Waals surface area contributed by atoms with Crippen LogP contribution in [0.1, 0.15) is 92.6 Å². The van der Waals surface area contributed by atoms with Crippen LogP contribution < -0.4 is 21.3 Å². The molecule has 2 amide bonds. The Labute approximate surface area is 438 Å². The van der Waals surface area contributed by atoms with Crippen molar-refractivity contribution >= 4 is 77.3 Å². The number of fused-ring (bicyclic) bond motifs is 1. The number of aryl methyl sites for hydroxylation is 2. The maximum Gasteiger partial charge on any atom is 0.270 e. The van der Waals surface area contributed by atoms with Crippen molar-refractivity contribution in [2.45, 2.75) is 98.3 Å². The normalized spacial score (nSPS) is 15.7. The number of nitrogens with zero attached hydrogens (tertiary/aromatic N) is 4. The minimum atomic E-state index is -3.62. The highest BCUT2D eigenvalue weighted by Gasteiger charge is 2.32. The fourth-order valence-electron chi connectivity index (χ4n) is 9.23. The molecular weight excluding hydrogens is 1020 g/mol. The number of piperidine rings is 2. The second-order valence-corrected chi connectivity index (χ2v) is 24.9. The van der Waals surface area contributed by atoms with E-state index in [4.69, 9.17) is 0 Å². The molecular formula is C52H58N8O10S4. The Bertz CT molecular complexity index is 3220. The minimum Gasteiger partial charge on any atom is -0.382 e. The predicted molar refractivity (Wildman–Crippen MR) is 287 cm³/mol. The molecule has 18 nitrogen and oxygen atoms in total. The molecule has 1 aliphatic carbocycles. The summed E-state index contributed by atoms with van der Waals surface area (Å²) in [6, 6.07) is 32.7. The molecule has 390 valence electrons. The Morgan fingerprint density at radius 3 is 1.61 bits per heavy atom. The van der Waals surface area contributed by atoms with Crippen LogP contribution >= 0.6 is 22.7 Å². The zero-order chi connectivity index (χ0) is 52.4. The van der Waals surface area contributed by atoms with Gasteiger partial charge in [-0.05, 0) is 129 Å². The van der Waals surface area contributed by atoms with Gasteiger partial charge in [0, 0.05) is 94.8 Å². The SMILES string of the molecule is CCc1cccc(NC2CCN(S(=O)(=O)c3ccc(CNC(=O)c4cccc([N+](=O)[O-])c4)s3)CC2)c1.O=C(NCc1ccc(S(=O)(=O)N2CCC(Nc3cccc4c3CCCC4)CC2)s1)c1cccc([N+](=O)[O-])c1. The zero-order valence-electron chi connectivity index (χ0n) is 40.7. The number of hydrogen-bond donors (Lipinski definition) is 4. The van der Waals surface area contributed by atoms with Gasteiger partial charge in [0.25, 0.3) is 43.2 Å². The molecule has 0 unspecified atom stereocenters. The Morgan fingerprint density at radius 1 is 0.608 bits per heavy atom. The molecule has 0 radical (unpaired) electrons. The van der Waals surface area contributed by atoms with Crippen molar-refractivity contribution in [1.82, 2.24) is 19.2 Å². The van der Waals surface area contributed by atoms with Crippen LogP contribution in [0.3, 0.4) is 0 Å². The number of carbonyl (C=O) groups is 2. The number of rotatable bonds is 17. The van der Waals surface area contributed by atoms with Crippen molar-refractivity contribution in [3.05, 3.63) is 173 Å². The molecule has 6 aromatic rings. The number of nitrogens with one attached hydrogen (secondary N) is 4. The van der Waals surface area contributed by atoms with Gasteiger partial charge in [0.1, 0.15) is 8.42 Å². The number of nitro benzene ring substituents is 2. The maximum absolute atomic E-state index is 13.3. The first-order chi connectivity index (χ1) is 35.6. The summed E-state index contributed by atoms with van der Waals surface area (Å²) in [6.45, 7) is 4.15. The van der Waals surface area contributed by atoms with Gasteiger partial charge in [-0.25, -0.2) is 16.8 Å². The van der Waals surface area contributed by atoms with Gasteiger partial charge in [-0.2, -0.15) is 8.61 Å². The number of anilines is 2. The minimum absolute atomic E-state index is 0.129. The molecule has 22 heteroatoms. The fourth-order valence-corrected chi connectivity index (χ4v) is 15.1. The van der Waals surface area contributed by atoms with Gasteiger partial charge in [-0.15, -0.1) is 22.7 Å². The number of nitro groups is 2. The molecule has 2 fully saturated rings. The predicted octanol–water partition coefficient (Wildman–Crippen LogP) is 9.14. The zero-order valence-corrected chi connectivity index (χ0v) is 44.0. The Morgan fingerprint density at radius 2 is 1.09 bits per heavy atom. The summed E-state index contributed by atoms with van der Waals surface area (Å²) >= 11 is 2.25. The Kier molecular flexibility index (Phi) is 17.6. The van der Waals surface area contributed by atoms with E-state index < -0.39 is 41.7 Å². The molecule has 0 spiro atoms. The number of hydrogen-bond acceptors (Lipinski definition) is 14. The molecule has 4 heterocycles. The second kappa shape index (κ2) is 24.2. The van der Waals surface area contributed by atoms with Crippen molar-refractivity contribution in [3.63, 3.8) is 0 Å². The molecule has 0 atom stereocenters. The molecule has 0 bridgehead atoms. The molecule has 2 aromatic heterocycles. The molecule has 2 aliphatic heterocycles. The first-order valence-corrected chi connectivity index (χ1v) is 29.0. The van der Waals surface area contributed by atoms with Crippen LogP contribution in [0.4, 0.5) is 22.7 Å². The van der Waals surface area contributed by atoms with Crippen molar-refractivity contribution in [2.24, 2.45) is 0 Å². The average Bonchev–Trinajstić information content (AvgIpc) is 4.12. The van der Waals surface area contributed by atoms with Crippen molar-refractivity contribution in [1.29, 1.82) is 0 Å². The summed E-state index contributed by atoms with van der Waals surface area (Å²) < 4.78 is 56.5. The molecule has 3 aliphatic rings. The monoisotopic (exact) mass is 1080 g/mol. The van der Waals surface area contributed by atoms with Crippen LogP contribution in [0.25, 0.3) is 0 Å². The van der Waals surface area contributed by atoms with E-state index in [0.29, 0.717) is 48.8 Å². The lowest BCUT2D eigenvalue weighted by atomic mass is 9.90. The quantitative estimate of drug-likeness (QED) is 0.0494. The Hall–Kier alpha value is -6.56. The molecule has 0 saturated carbocycles. The van der Waals surface area contributed by atoms with E-state index in [-0.39, 0.29) is 56.1 Å². The number of thiophene rings is 2. The van der Waals surface area contributed by atoms with E-state index in [9.17, 15) is 46.7 Å². The van der Waals surface area contributed by atoms with E-state index in [0.717, 1.165) is 60.5 Å². The topological polar surface area (TPSA) is 243 Å². The van der Waals surface area contributed by atoms with E-state index >= 15 is 0 Å². The lowest BCUT2D eigenvalue weighted by Gasteiger charge is -2.32. The van der Waals surface area contributed by atoms with Gasteiger partial charge in [0.15, 0.2) is 0 Å². The van der Waals surface area contributed by atoms with Gasteiger partial charge in [-0.3, -0.25) is 29.8 Å². The summed E-state index contributed by atoms with van der Waals surface area (Å²) in [5.74, 6) is -0.920. The summed E-state index contributed by atoms with van der Waals surface area (Å²) in [7, 11) is -7.24. The molecule has 2 saturated heterocycles. The molecule has 9 rings (SSSR count). The third-order valence-corrected chi connectivity index (χ3v) is 20.2. The number of amides is 2. The standard InChI is InChI=1S/C27H30N4O5S2.C25H28N4O5S2/c32-27(20-7-3-8-22(17-20)31(33)34)28-18-23-11-12-26(37-23)38(35,36)30-15-13-21(14-16-30)29-25-10-4-6-19-5-1-2-9-24(19)25;1-2-18-5-3-7-21(15-18)27-20-11-13-28(14-12-20)36(33,34)24-10-9-23(35-24)17-26-25(30)19-6-4-8-22(16-19)29(31)32/h3-4,6-8,10-12,17,21,29H,1-2,5,9,13-16,18H2,(H,28,32);3-10,15-16,20,27H,2,11-14,17H2,1H3,(H,26,30). The number of carbonyl (C=O) groups excluding carboxylic acids is 2. The van der Waals surface area contributed by atoms with E-state index in [1.54, 1.807) is 28.6 Å². The van der Waals surface area contributed by atoms with Gasteiger partial charge in [0.05, 0.1) is 22.9 Å². The molecule has 4 N–H and O–H groups in total. The fraction of sp³-hybridized carbons (Fsp3) is 0.346. The Balaban J connectivity index is 0.000000197. The molecule has 74 heavy (non-hydrogen) atoms. The number of non-ortho nitro benzene ring substituents is 2. The average molecular weight is 1080 g/mol. The van der Waals surface area contributed by atoms with Crippen LogP contribution in [0, 0.1) is 20.2 Å². The van der Waals surface area contributed by atoms with Gasteiger partial charge in [-0.1, -0.05) is 43.3 Å². The van der Waals surface area contributed by atoms with Gasteiger partial charge < -0.3 is 21.3 Å². The van der Waals surface area contributed by atoms with Crippen LogP contribution in [0.5, 0.6) is 0 Å². The maximum atomic E-state index is 13.3. The smallest absolute Gasteiger partial charge is 0.270 e. The summed E-state index contributed by atoms with van der Waals surface area (Å²) in [5.41, 5.74) is 6.38. The highest BCUT2D eigenvalue weighted by molar-refractivity contribution is 7.91. The van der Waals surface area contributed by atoms with Crippen LogP contribution in [-0.4, -0.2) is 85.4 Å². The van der Waals surface area contributed by atoms with Crippen molar-refractivity contribution in [3.8, 4) is 0 Å². The van der Waals surface area contributed by atoms with Crippen LogP contribution in [-0.2, 0) is 52.4 Å². The lowest BCUT2D eigenvalue weighted by Crippen LogP contribution is -2.42. The van der Waals surface area contributed by atoms with Gasteiger partial charge >= 0.3 is 0 Å². The van der Waals surface area contributed by atoms with E-state index in [1.165, 1.54) is 88.1 Å². The first-order valence-electron chi connectivity index (χ1n) is 24.5. The number of benzene rings is 4.